The molecule has 3 rings (SSSR count). The minimum absolute atomic E-state index is 0.0411. The van der Waals surface area contributed by atoms with Gasteiger partial charge in [0.1, 0.15) is 5.75 Å². The molecule has 158 valence electrons. The van der Waals surface area contributed by atoms with E-state index in [9.17, 15) is 13.2 Å². The van der Waals surface area contributed by atoms with Gasteiger partial charge in [0.15, 0.2) is 5.13 Å². The Labute approximate surface area is 175 Å². The fraction of sp³-hybridized carbons (Fsp3) is 0.474. The van der Waals surface area contributed by atoms with Crippen molar-refractivity contribution in [2.45, 2.75) is 19.8 Å². The fourth-order valence-electron chi connectivity index (χ4n) is 3.31. The molecule has 0 unspecified atom stereocenters. The molecule has 1 amide bonds. The summed E-state index contributed by atoms with van der Waals surface area (Å²) in [6.45, 7) is 2.30. The average Bonchev–Trinajstić information content (AvgIpc) is 3.23. The Morgan fingerprint density at radius 1 is 1.41 bits per heavy atom. The zero-order valence-corrected chi connectivity index (χ0v) is 18.4. The average molecular weight is 439 g/mol. The van der Waals surface area contributed by atoms with Crippen LogP contribution in [-0.2, 0) is 14.8 Å². The molecular formula is C19H26N4O4S2. The van der Waals surface area contributed by atoms with Gasteiger partial charge in [-0.2, -0.15) is 0 Å². The molecule has 1 aliphatic heterocycles. The number of methoxy groups -OCH3 is 1. The number of carbonyl (C=O) groups is 1. The number of ether oxygens (including phenoxy) is 1. The predicted octanol–water partition coefficient (Wildman–Crippen LogP) is 2.86. The summed E-state index contributed by atoms with van der Waals surface area (Å²) >= 11 is 1.50. The molecule has 1 aliphatic rings. The number of amides is 1. The van der Waals surface area contributed by atoms with Crippen LogP contribution in [-0.4, -0.2) is 56.6 Å². The van der Waals surface area contributed by atoms with Crippen molar-refractivity contribution < 1.29 is 17.9 Å². The van der Waals surface area contributed by atoms with E-state index in [1.165, 1.54) is 15.6 Å². The van der Waals surface area contributed by atoms with E-state index in [2.05, 4.69) is 15.6 Å². The second-order valence-electron chi connectivity index (χ2n) is 6.79. The van der Waals surface area contributed by atoms with Crippen LogP contribution in [0.4, 0.5) is 10.8 Å². The number of sulfonamides is 1. The lowest BCUT2D eigenvalue weighted by Gasteiger charge is -2.31. The molecule has 0 aliphatic carbocycles. The van der Waals surface area contributed by atoms with Gasteiger partial charge in [-0.15, -0.1) is 11.3 Å². The Balaban J connectivity index is 1.79. The highest BCUT2D eigenvalue weighted by atomic mass is 32.2. The van der Waals surface area contributed by atoms with Gasteiger partial charge in [0.05, 0.1) is 30.2 Å². The van der Waals surface area contributed by atoms with E-state index in [0.29, 0.717) is 30.8 Å². The predicted molar refractivity (Wildman–Crippen MR) is 116 cm³/mol. The molecule has 1 aromatic heterocycles. The zero-order chi connectivity index (χ0) is 21.0. The molecule has 1 saturated heterocycles. The smallest absolute Gasteiger partial charge is 0.228 e. The number of thiazole rings is 1. The Hall–Kier alpha value is -2.17. The second-order valence-corrected chi connectivity index (χ2v) is 9.91. The third-order valence-electron chi connectivity index (χ3n) is 4.98. The van der Waals surface area contributed by atoms with E-state index in [4.69, 9.17) is 4.74 Å². The van der Waals surface area contributed by atoms with Gasteiger partial charge in [-0.3, -0.25) is 4.79 Å². The van der Waals surface area contributed by atoms with E-state index in [-0.39, 0.29) is 18.2 Å². The lowest BCUT2D eigenvalue weighted by atomic mass is 9.98. The fourth-order valence-corrected chi connectivity index (χ4v) is 5.17. The van der Waals surface area contributed by atoms with Crippen LogP contribution in [0.2, 0.25) is 0 Å². The number of benzene rings is 1. The van der Waals surface area contributed by atoms with Gasteiger partial charge in [-0.25, -0.2) is 17.7 Å². The first kappa shape index (κ1) is 21.5. The standard InChI is InChI=1S/C19H26N4O4S2/c1-4-29(25,26)23-9-5-6-14(11-23)18(24)21-15-10-13(7-8-17(15)27-3)16-12-28-19(20-2)22-16/h7-8,10,12,14H,4-6,9,11H2,1-3H3,(H,20,22)(H,21,24)/t14-/m1/s1. The summed E-state index contributed by atoms with van der Waals surface area (Å²) in [5.74, 6) is -0.0151. The summed E-state index contributed by atoms with van der Waals surface area (Å²) in [5, 5.41) is 8.68. The molecule has 2 N–H and O–H groups in total. The molecule has 1 atom stereocenters. The highest BCUT2D eigenvalue weighted by Crippen LogP contribution is 2.33. The number of carbonyl (C=O) groups excluding carboxylic acids is 1. The normalized spacial score (nSPS) is 17.7. The van der Waals surface area contributed by atoms with Gasteiger partial charge >= 0.3 is 0 Å². The van der Waals surface area contributed by atoms with Crippen molar-refractivity contribution >= 4 is 38.1 Å². The van der Waals surface area contributed by atoms with Gasteiger partial charge < -0.3 is 15.4 Å². The lowest BCUT2D eigenvalue weighted by molar-refractivity contribution is -0.120. The number of hydrogen-bond donors (Lipinski definition) is 2. The maximum atomic E-state index is 12.9. The monoisotopic (exact) mass is 438 g/mol. The van der Waals surface area contributed by atoms with Crippen LogP contribution >= 0.6 is 11.3 Å². The Morgan fingerprint density at radius 2 is 2.21 bits per heavy atom. The molecule has 2 aromatic rings. The lowest BCUT2D eigenvalue weighted by Crippen LogP contribution is -2.44. The highest BCUT2D eigenvalue weighted by molar-refractivity contribution is 7.89. The van der Waals surface area contributed by atoms with Crippen LogP contribution in [0.1, 0.15) is 19.8 Å². The van der Waals surface area contributed by atoms with Crippen LogP contribution in [0.15, 0.2) is 23.6 Å². The molecule has 1 fully saturated rings. The molecule has 8 nitrogen and oxygen atoms in total. The summed E-state index contributed by atoms with van der Waals surface area (Å²) in [5.41, 5.74) is 2.21. The van der Waals surface area contributed by atoms with Crippen molar-refractivity contribution in [2.24, 2.45) is 5.92 Å². The van der Waals surface area contributed by atoms with Gasteiger partial charge in [0.25, 0.3) is 0 Å². The molecular weight excluding hydrogens is 412 g/mol. The number of nitrogens with one attached hydrogen (secondary N) is 2. The minimum atomic E-state index is -3.30. The number of rotatable bonds is 7. The molecule has 29 heavy (non-hydrogen) atoms. The maximum Gasteiger partial charge on any atom is 0.228 e. The van der Waals surface area contributed by atoms with Crippen molar-refractivity contribution in [3.05, 3.63) is 23.6 Å². The van der Waals surface area contributed by atoms with E-state index >= 15 is 0 Å². The van der Waals surface area contributed by atoms with E-state index in [1.54, 1.807) is 20.1 Å². The molecule has 2 heterocycles. The first-order chi connectivity index (χ1) is 13.9. The van der Waals surface area contributed by atoms with E-state index < -0.39 is 15.9 Å². The quantitative estimate of drug-likeness (QED) is 0.689. The summed E-state index contributed by atoms with van der Waals surface area (Å²) < 4.78 is 31.2. The molecule has 10 heteroatoms. The Kier molecular flexibility index (Phi) is 6.76. The van der Waals surface area contributed by atoms with Gasteiger partial charge in [0, 0.05) is 31.1 Å². The van der Waals surface area contributed by atoms with Crippen molar-refractivity contribution in [2.75, 3.05) is 43.6 Å². The van der Waals surface area contributed by atoms with Crippen LogP contribution < -0.4 is 15.4 Å². The number of aromatic nitrogens is 1. The molecule has 1 aromatic carbocycles. The summed E-state index contributed by atoms with van der Waals surface area (Å²) in [6.07, 6.45) is 1.32. The summed E-state index contributed by atoms with van der Waals surface area (Å²) in [7, 11) is 0.0577. The summed E-state index contributed by atoms with van der Waals surface area (Å²) in [6, 6.07) is 5.51. The van der Waals surface area contributed by atoms with Gasteiger partial charge in [0.2, 0.25) is 15.9 Å². The first-order valence-corrected chi connectivity index (χ1v) is 12.0. The van der Waals surface area contributed by atoms with E-state index in [1.807, 2.05) is 24.6 Å². The third-order valence-corrected chi connectivity index (χ3v) is 7.69. The van der Waals surface area contributed by atoms with Crippen molar-refractivity contribution in [1.82, 2.24) is 9.29 Å². The molecule has 0 bridgehead atoms. The van der Waals surface area contributed by atoms with Crippen LogP contribution in [0, 0.1) is 5.92 Å². The topological polar surface area (TPSA) is 101 Å². The molecule has 0 radical (unpaired) electrons. The third kappa shape index (κ3) is 4.88. The van der Waals surface area contributed by atoms with Crippen LogP contribution in [0.3, 0.4) is 0 Å². The maximum absolute atomic E-state index is 12.9. The van der Waals surface area contributed by atoms with E-state index in [0.717, 1.165) is 16.4 Å². The second kappa shape index (κ2) is 9.10. The Morgan fingerprint density at radius 3 is 2.86 bits per heavy atom. The first-order valence-electron chi connectivity index (χ1n) is 9.48. The Bertz CT molecular complexity index is 974. The number of piperidine rings is 1. The van der Waals surface area contributed by atoms with Crippen molar-refractivity contribution in [3.8, 4) is 17.0 Å². The largest absolute Gasteiger partial charge is 0.495 e. The number of anilines is 2. The molecule has 0 spiro atoms. The SMILES string of the molecule is CCS(=O)(=O)N1CCC[C@@H](C(=O)Nc2cc(-c3csc(NC)n3)ccc2OC)C1. The molecule has 0 saturated carbocycles. The van der Waals surface area contributed by atoms with Gasteiger partial charge in [-0.1, -0.05) is 0 Å². The zero-order valence-electron chi connectivity index (χ0n) is 16.8. The van der Waals surface area contributed by atoms with Crippen molar-refractivity contribution in [1.29, 1.82) is 0 Å². The van der Waals surface area contributed by atoms with Gasteiger partial charge in [-0.05, 0) is 38.0 Å². The highest BCUT2D eigenvalue weighted by Gasteiger charge is 2.31. The van der Waals surface area contributed by atoms with Crippen LogP contribution in [0.5, 0.6) is 5.75 Å². The van der Waals surface area contributed by atoms with Crippen LogP contribution in [0.25, 0.3) is 11.3 Å². The minimum Gasteiger partial charge on any atom is -0.495 e. The summed E-state index contributed by atoms with van der Waals surface area (Å²) in [4.78, 5) is 17.4. The van der Waals surface area contributed by atoms with Crippen molar-refractivity contribution in [3.63, 3.8) is 0 Å². The number of nitrogens with zero attached hydrogens (tertiary/aromatic N) is 2. The number of hydrogen-bond acceptors (Lipinski definition) is 7.